The molecule has 1 aliphatic carbocycles. The highest BCUT2D eigenvalue weighted by Crippen LogP contribution is 2.61. The molecule has 278 valence electrons. The van der Waals surface area contributed by atoms with Crippen molar-refractivity contribution >= 4 is 11.9 Å². The lowest BCUT2D eigenvalue weighted by molar-refractivity contribution is 0.0686. The Bertz CT molecular complexity index is 2830. The smallest absolute Gasteiger partial charge is 0.336 e. The first-order valence-electron chi connectivity index (χ1n) is 19.1. The molecule has 0 fully saturated rings. The van der Waals surface area contributed by atoms with Gasteiger partial charge >= 0.3 is 11.9 Å². The molecule has 4 heteroatoms. The maximum absolute atomic E-state index is 13.6. The summed E-state index contributed by atoms with van der Waals surface area (Å²) in [5.74, 6) is 3.81. The molecule has 0 amide bonds. The van der Waals surface area contributed by atoms with Crippen LogP contribution in [0.5, 0.6) is 0 Å². The van der Waals surface area contributed by atoms with Crippen LogP contribution < -0.4 is 0 Å². The molecule has 1 aliphatic rings. The zero-order chi connectivity index (χ0) is 40.7. The van der Waals surface area contributed by atoms with Gasteiger partial charge in [-0.05, 0) is 78.9 Å². The van der Waals surface area contributed by atoms with Gasteiger partial charge in [0, 0.05) is 22.3 Å². The third-order valence-electron chi connectivity index (χ3n) is 11.4. The van der Waals surface area contributed by atoms with Crippen molar-refractivity contribution in [1.29, 1.82) is 0 Å². The molecule has 0 aromatic heterocycles. The third-order valence-corrected chi connectivity index (χ3v) is 11.4. The number of carbonyl (C=O) groups is 2. The summed E-state index contributed by atoms with van der Waals surface area (Å²) in [6.07, 6.45) is 13.5. The van der Waals surface area contributed by atoms with Crippen molar-refractivity contribution in [3.05, 3.63) is 226 Å². The van der Waals surface area contributed by atoms with Crippen LogP contribution in [0.1, 0.15) is 54.1 Å². The van der Waals surface area contributed by atoms with Crippen molar-refractivity contribution in [2.24, 2.45) is 0 Å². The predicted octanol–water partition coefficient (Wildman–Crippen LogP) is 12.1. The van der Waals surface area contributed by atoms with Crippen LogP contribution in [0.4, 0.5) is 0 Å². The van der Waals surface area contributed by atoms with E-state index < -0.39 is 17.4 Å². The Labute approximate surface area is 342 Å². The molecule has 8 aromatic rings. The summed E-state index contributed by atoms with van der Waals surface area (Å²) in [5, 5.41) is 22.3. The van der Waals surface area contributed by atoms with Crippen molar-refractivity contribution in [3.8, 4) is 80.3 Å². The zero-order valence-corrected chi connectivity index (χ0v) is 31.7. The minimum Gasteiger partial charge on any atom is -0.478 e. The summed E-state index contributed by atoms with van der Waals surface area (Å²) in [7, 11) is 0. The summed E-state index contributed by atoms with van der Waals surface area (Å²) < 4.78 is 0. The average Bonchev–Trinajstić information content (AvgIpc) is 3.60. The molecule has 0 bridgehead atoms. The largest absolute Gasteiger partial charge is 0.478 e. The molecule has 4 nitrogen and oxygen atoms in total. The van der Waals surface area contributed by atoms with Crippen molar-refractivity contribution in [2.75, 3.05) is 0 Å². The number of hydrogen-bond donors (Lipinski definition) is 2. The van der Waals surface area contributed by atoms with Gasteiger partial charge in [-0.15, -0.1) is 12.8 Å². The monoisotopic (exact) mass is 758 g/mol. The fraction of sp³-hybridized carbons (Fsp3) is 0.0182. The number of terminal acetylenes is 2. The third kappa shape index (κ3) is 5.66. The molecule has 0 spiro atoms. The first kappa shape index (κ1) is 36.5. The second kappa shape index (κ2) is 14.7. The van der Waals surface area contributed by atoms with Gasteiger partial charge in [-0.25, -0.2) is 9.59 Å². The van der Waals surface area contributed by atoms with E-state index in [1.165, 1.54) is 0 Å². The number of carboxylic acid groups (broad SMARTS) is 2. The number of carboxylic acids is 2. The van der Waals surface area contributed by atoms with Gasteiger partial charge in [0.25, 0.3) is 0 Å². The maximum Gasteiger partial charge on any atom is 0.336 e. The molecule has 0 heterocycles. The minimum atomic E-state index is -1.66. The first-order valence-corrected chi connectivity index (χ1v) is 19.1. The molecule has 0 saturated heterocycles. The molecule has 2 N–H and O–H groups in total. The number of benzene rings is 8. The first-order chi connectivity index (χ1) is 28.9. The highest BCUT2D eigenvalue weighted by atomic mass is 16.4. The van der Waals surface area contributed by atoms with Gasteiger partial charge in [-0.2, -0.15) is 0 Å². The highest BCUT2D eigenvalue weighted by molar-refractivity contribution is 6.05. The van der Waals surface area contributed by atoms with E-state index in [9.17, 15) is 19.8 Å². The van der Waals surface area contributed by atoms with Crippen molar-refractivity contribution in [2.45, 2.75) is 5.41 Å². The standard InChI is InChI=1S/C55H34O4/c1-3-39-47(33-31-41(35-19-9-5-10-20-35)49(39)37-23-13-7-14-24-37)55(51-43(27-17-29-45(51)53(56)57)44-28-18-30-46(52(44)55)54(58)59)48-34-32-42(36-21-11-6-12-22-36)50(40(48)4-2)38-25-15-8-16-26-38/h1-2,5-34H,(H,56,57)(H,58,59). The fourth-order valence-electron chi connectivity index (χ4n) is 9.18. The zero-order valence-electron chi connectivity index (χ0n) is 31.7. The van der Waals surface area contributed by atoms with Gasteiger partial charge in [-0.1, -0.05) is 182 Å². The van der Waals surface area contributed by atoms with Gasteiger partial charge in [0.1, 0.15) is 0 Å². The number of rotatable bonds is 8. The van der Waals surface area contributed by atoms with E-state index in [-0.39, 0.29) is 11.1 Å². The Morgan fingerprint density at radius 2 is 0.729 bits per heavy atom. The fourth-order valence-corrected chi connectivity index (χ4v) is 9.18. The van der Waals surface area contributed by atoms with Crippen LogP contribution in [0.25, 0.3) is 55.6 Å². The lowest BCUT2D eigenvalue weighted by atomic mass is 9.61. The van der Waals surface area contributed by atoms with Crippen LogP contribution in [0, 0.1) is 24.7 Å². The molecular weight excluding hydrogens is 725 g/mol. The molecule has 0 radical (unpaired) electrons. The summed E-state index contributed by atoms with van der Waals surface area (Å²) in [5.41, 5.74) is 9.07. The predicted molar refractivity (Wildman–Crippen MR) is 235 cm³/mol. The molecular formula is C55H34O4. The van der Waals surface area contributed by atoms with Crippen LogP contribution in [0.2, 0.25) is 0 Å². The molecule has 9 rings (SSSR count). The van der Waals surface area contributed by atoms with Crippen LogP contribution in [0.15, 0.2) is 182 Å². The Balaban J connectivity index is 1.56. The Hall–Kier alpha value is -8.18. The molecule has 0 atom stereocenters. The van der Waals surface area contributed by atoms with Gasteiger partial charge in [0.15, 0.2) is 0 Å². The lowest BCUT2D eigenvalue weighted by Gasteiger charge is -2.38. The summed E-state index contributed by atoms with van der Waals surface area (Å²) in [4.78, 5) is 27.3. The maximum atomic E-state index is 13.6. The summed E-state index contributed by atoms with van der Waals surface area (Å²) in [6, 6.07) is 57.6. The van der Waals surface area contributed by atoms with Crippen LogP contribution >= 0.6 is 0 Å². The van der Waals surface area contributed by atoms with Crippen molar-refractivity contribution in [3.63, 3.8) is 0 Å². The quantitative estimate of drug-likeness (QED) is 0.151. The SMILES string of the molecule is C#Cc1c(C2(c3ccc(-c4ccccc4)c(-c4ccccc4)c3C#C)c3c(C(=O)O)cccc3-c3cccc(C(=O)O)c32)ccc(-c2ccccc2)c1-c1ccccc1. The summed E-state index contributed by atoms with van der Waals surface area (Å²) >= 11 is 0. The van der Waals surface area contributed by atoms with Crippen LogP contribution in [-0.2, 0) is 5.41 Å². The molecule has 59 heavy (non-hydrogen) atoms. The van der Waals surface area contributed by atoms with E-state index in [0.717, 1.165) is 44.5 Å². The minimum absolute atomic E-state index is 0.00257. The van der Waals surface area contributed by atoms with E-state index in [1.807, 2.05) is 158 Å². The van der Waals surface area contributed by atoms with Crippen molar-refractivity contribution in [1.82, 2.24) is 0 Å². The van der Waals surface area contributed by atoms with E-state index in [2.05, 4.69) is 11.8 Å². The van der Waals surface area contributed by atoms with E-state index in [0.29, 0.717) is 44.5 Å². The Kier molecular flexibility index (Phi) is 9.09. The Morgan fingerprint density at radius 1 is 0.390 bits per heavy atom. The number of aromatic carboxylic acids is 2. The lowest BCUT2D eigenvalue weighted by Crippen LogP contribution is -2.34. The molecule has 0 unspecified atom stereocenters. The van der Waals surface area contributed by atoms with E-state index in [1.54, 1.807) is 24.3 Å². The average molecular weight is 759 g/mol. The Morgan fingerprint density at radius 3 is 1.05 bits per heavy atom. The van der Waals surface area contributed by atoms with Gasteiger partial charge in [0.2, 0.25) is 0 Å². The van der Waals surface area contributed by atoms with Gasteiger partial charge < -0.3 is 10.2 Å². The second-order valence-corrected chi connectivity index (χ2v) is 14.4. The molecule has 8 aromatic carbocycles. The van der Waals surface area contributed by atoms with Gasteiger partial charge in [-0.3, -0.25) is 0 Å². The van der Waals surface area contributed by atoms with Crippen molar-refractivity contribution < 1.29 is 19.8 Å². The van der Waals surface area contributed by atoms with E-state index >= 15 is 0 Å². The summed E-state index contributed by atoms with van der Waals surface area (Å²) in [6.45, 7) is 0. The number of hydrogen-bond acceptors (Lipinski definition) is 2. The van der Waals surface area contributed by atoms with E-state index in [4.69, 9.17) is 12.8 Å². The van der Waals surface area contributed by atoms with Gasteiger partial charge in [0.05, 0.1) is 16.5 Å². The number of fused-ring (bicyclic) bond motifs is 3. The van der Waals surface area contributed by atoms with Crippen LogP contribution in [-0.4, -0.2) is 22.2 Å². The second-order valence-electron chi connectivity index (χ2n) is 14.4. The molecule has 0 saturated carbocycles. The van der Waals surface area contributed by atoms with Crippen LogP contribution in [0.3, 0.4) is 0 Å². The normalized spacial score (nSPS) is 12.1. The molecule has 0 aliphatic heterocycles. The topological polar surface area (TPSA) is 74.6 Å². The highest BCUT2D eigenvalue weighted by Gasteiger charge is 2.53.